The number of aryl methyl sites for hydroxylation is 2. The zero-order valence-electron chi connectivity index (χ0n) is 11.8. The van der Waals surface area contributed by atoms with Crippen LogP contribution in [0.2, 0.25) is 0 Å². The second-order valence-electron chi connectivity index (χ2n) is 4.55. The minimum Gasteiger partial charge on any atom is -0.438 e. The molecule has 0 bridgehead atoms. The van der Waals surface area contributed by atoms with Crippen LogP contribution in [0.15, 0.2) is 18.5 Å². The maximum Gasteiger partial charge on any atom is 0.227 e. The van der Waals surface area contributed by atoms with Crippen LogP contribution >= 0.6 is 0 Å². The molecular weight excluding hydrogens is 252 g/mol. The Kier molecular flexibility index (Phi) is 3.85. The first-order valence-corrected chi connectivity index (χ1v) is 6.35. The van der Waals surface area contributed by atoms with E-state index in [1.807, 2.05) is 20.8 Å². The molecule has 0 aliphatic heterocycles. The van der Waals surface area contributed by atoms with Gasteiger partial charge in [0.1, 0.15) is 17.9 Å². The summed E-state index contributed by atoms with van der Waals surface area (Å²) in [5.41, 5.74) is 9.02. The Balaban J connectivity index is 2.46. The van der Waals surface area contributed by atoms with Gasteiger partial charge in [0.25, 0.3) is 0 Å². The van der Waals surface area contributed by atoms with Crippen molar-refractivity contribution >= 4 is 5.82 Å². The fourth-order valence-electron chi connectivity index (χ4n) is 2.10. The van der Waals surface area contributed by atoms with Crippen molar-refractivity contribution in [1.82, 2.24) is 9.97 Å². The molecule has 0 aliphatic carbocycles. The highest BCUT2D eigenvalue weighted by Gasteiger charge is 2.13. The predicted molar refractivity (Wildman–Crippen MR) is 76.5 cm³/mol. The van der Waals surface area contributed by atoms with Gasteiger partial charge in [-0.2, -0.15) is 5.26 Å². The smallest absolute Gasteiger partial charge is 0.227 e. The third-order valence-corrected chi connectivity index (χ3v) is 3.08. The van der Waals surface area contributed by atoms with E-state index in [2.05, 4.69) is 16.0 Å². The Morgan fingerprint density at radius 2 is 1.90 bits per heavy atom. The molecular formula is C15H16N4O. The molecule has 1 aromatic heterocycles. The maximum absolute atomic E-state index is 8.96. The van der Waals surface area contributed by atoms with Crippen molar-refractivity contribution in [2.45, 2.75) is 27.2 Å². The number of ether oxygens (including phenoxy) is 1. The third-order valence-electron chi connectivity index (χ3n) is 3.08. The molecule has 2 N–H and O–H groups in total. The van der Waals surface area contributed by atoms with E-state index < -0.39 is 0 Å². The largest absolute Gasteiger partial charge is 0.438 e. The number of hydrogen-bond acceptors (Lipinski definition) is 5. The molecule has 0 radical (unpaired) electrons. The number of hydrogen-bond donors (Lipinski definition) is 1. The minimum absolute atomic E-state index is 0.432. The first-order valence-electron chi connectivity index (χ1n) is 6.35. The van der Waals surface area contributed by atoms with Crippen LogP contribution in [0.5, 0.6) is 11.6 Å². The lowest BCUT2D eigenvalue weighted by molar-refractivity contribution is 0.449. The molecule has 0 amide bonds. The van der Waals surface area contributed by atoms with Crippen molar-refractivity contribution in [3.63, 3.8) is 0 Å². The van der Waals surface area contributed by atoms with Crippen LogP contribution in [0.25, 0.3) is 0 Å². The standard InChI is InChI=1S/C15H16N4O/c1-4-12-14(17)18-8-19-15(12)20-13-9(2)5-11(7-16)6-10(13)3/h5-6,8H,4H2,1-3H3,(H2,17,18,19). The monoisotopic (exact) mass is 268 g/mol. The van der Waals surface area contributed by atoms with Crippen LogP contribution in [-0.4, -0.2) is 9.97 Å². The second-order valence-corrected chi connectivity index (χ2v) is 4.55. The highest BCUT2D eigenvalue weighted by molar-refractivity contribution is 5.51. The second kappa shape index (κ2) is 5.57. The van der Waals surface area contributed by atoms with Gasteiger partial charge in [-0.25, -0.2) is 9.97 Å². The predicted octanol–water partition coefficient (Wildman–Crippen LogP) is 2.90. The summed E-state index contributed by atoms with van der Waals surface area (Å²) in [6, 6.07) is 5.71. The van der Waals surface area contributed by atoms with Crippen molar-refractivity contribution in [3.8, 4) is 17.7 Å². The van der Waals surface area contributed by atoms with E-state index in [0.717, 1.165) is 16.7 Å². The zero-order chi connectivity index (χ0) is 14.7. The molecule has 102 valence electrons. The van der Waals surface area contributed by atoms with Gasteiger partial charge in [0.15, 0.2) is 0 Å². The molecule has 5 heteroatoms. The Morgan fingerprint density at radius 3 is 2.45 bits per heavy atom. The molecule has 0 unspecified atom stereocenters. The van der Waals surface area contributed by atoms with E-state index in [-0.39, 0.29) is 0 Å². The number of nitrogen functional groups attached to an aromatic ring is 1. The summed E-state index contributed by atoms with van der Waals surface area (Å²) >= 11 is 0. The molecule has 20 heavy (non-hydrogen) atoms. The summed E-state index contributed by atoms with van der Waals surface area (Å²) in [5.74, 6) is 1.61. The van der Waals surface area contributed by atoms with Gasteiger partial charge in [-0.15, -0.1) is 0 Å². The fraction of sp³-hybridized carbons (Fsp3) is 0.267. The van der Waals surface area contributed by atoms with Crippen molar-refractivity contribution in [1.29, 1.82) is 5.26 Å². The summed E-state index contributed by atoms with van der Waals surface area (Å²) in [6.07, 6.45) is 2.08. The Morgan fingerprint density at radius 1 is 1.25 bits per heavy atom. The van der Waals surface area contributed by atoms with E-state index in [9.17, 15) is 0 Å². The van der Waals surface area contributed by atoms with Crippen LogP contribution in [0, 0.1) is 25.2 Å². The minimum atomic E-state index is 0.432. The van der Waals surface area contributed by atoms with Crippen molar-refractivity contribution in [3.05, 3.63) is 40.7 Å². The molecule has 5 nitrogen and oxygen atoms in total. The van der Waals surface area contributed by atoms with Crippen LogP contribution in [0.3, 0.4) is 0 Å². The average Bonchev–Trinajstić information content (AvgIpc) is 2.42. The number of aromatic nitrogens is 2. The summed E-state index contributed by atoms with van der Waals surface area (Å²) in [5, 5.41) is 8.96. The molecule has 0 atom stereocenters. The van der Waals surface area contributed by atoms with Gasteiger partial charge < -0.3 is 10.5 Å². The Bertz CT molecular complexity index is 666. The van der Waals surface area contributed by atoms with Crippen molar-refractivity contribution in [2.75, 3.05) is 5.73 Å². The zero-order valence-corrected chi connectivity index (χ0v) is 11.8. The average molecular weight is 268 g/mol. The molecule has 2 rings (SSSR count). The lowest BCUT2D eigenvalue weighted by Gasteiger charge is -2.14. The summed E-state index contributed by atoms with van der Waals surface area (Å²) in [6.45, 7) is 5.78. The van der Waals surface area contributed by atoms with Crippen LogP contribution in [0.1, 0.15) is 29.2 Å². The molecule has 1 aromatic carbocycles. The quantitative estimate of drug-likeness (QED) is 0.925. The fourth-order valence-corrected chi connectivity index (χ4v) is 2.10. The Labute approximate surface area is 118 Å². The number of nitrogens with zero attached hydrogens (tertiary/aromatic N) is 3. The summed E-state index contributed by atoms with van der Waals surface area (Å²) in [4.78, 5) is 8.12. The SMILES string of the molecule is CCc1c(N)ncnc1Oc1c(C)cc(C#N)cc1C. The molecule has 0 spiro atoms. The van der Waals surface area contributed by atoms with Crippen LogP contribution in [0.4, 0.5) is 5.82 Å². The first-order chi connectivity index (χ1) is 9.56. The summed E-state index contributed by atoms with van der Waals surface area (Å²) < 4.78 is 5.90. The van der Waals surface area contributed by atoms with Gasteiger partial charge in [-0.3, -0.25) is 0 Å². The van der Waals surface area contributed by atoms with Crippen LogP contribution in [-0.2, 0) is 6.42 Å². The highest BCUT2D eigenvalue weighted by Crippen LogP contribution is 2.31. The van der Waals surface area contributed by atoms with Gasteiger partial charge >= 0.3 is 0 Å². The van der Waals surface area contributed by atoms with E-state index in [1.54, 1.807) is 12.1 Å². The van der Waals surface area contributed by atoms with Crippen molar-refractivity contribution < 1.29 is 4.74 Å². The number of nitrogens with two attached hydrogens (primary N) is 1. The van der Waals surface area contributed by atoms with Crippen molar-refractivity contribution in [2.24, 2.45) is 0 Å². The molecule has 0 fully saturated rings. The van der Waals surface area contributed by atoms with Gasteiger partial charge in [-0.1, -0.05) is 6.92 Å². The van der Waals surface area contributed by atoms with Gasteiger partial charge in [-0.05, 0) is 43.5 Å². The molecule has 2 aromatic rings. The Hall–Kier alpha value is -2.61. The molecule has 1 heterocycles. The van der Waals surface area contributed by atoms with Gasteiger partial charge in [0, 0.05) is 0 Å². The van der Waals surface area contributed by atoms with E-state index in [1.165, 1.54) is 6.33 Å². The first kappa shape index (κ1) is 13.8. The number of benzene rings is 1. The topological polar surface area (TPSA) is 84.8 Å². The van der Waals surface area contributed by atoms with Gasteiger partial charge in [0.05, 0.1) is 17.2 Å². The lowest BCUT2D eigenvalue weighted by Crippen LogP contribution is -2.03. The third kappa shape index (κ3) is 2.54. The van der Waals surface area contributed by atoms with E-state index >= 15 is 0 Å². The van der Waals surface area contributed by atoms with Gasteiger partial charge in [0.2, 0.25) is 5.88 Å². The van der Waals surface area contributed by atoms with E-state index in [0.29, 0.717) is 29.4 Å². The molecule has 0 saturated carbocycles. The molecule has 0 aliphatic rings. The number of rotatable bonds is 3. The lowest BCUT2D eigenvalue weighted by atomic mass is 10.1. The normalized spacial score (nSPS) is 10.1. The number of anilines is 1. The van der Waals surface area contributed by atoms with E-state index in [4.69, 9.17) is 15.7 Å². The maximum atomic E-state index is 8.96. The molecule has 0 saturated heterocycles. The number of nitriles is 1. The summed E-state index contributed by atoms with van der Waals surface area (Å²) in [7, 11) is 0. The van der Waals surface area contributed by atoms with Crippen LogP contribution < -0.4 is 10.5 Å². The highest BCUT2D eigenvalue weighted by atomic mass is 16.5.